The third-order valence-corrected chi connectivity index (χ3v) is 2.80. The van der Waals surface area contributed by atoms with Gasteiger partial charge >= 0.3 is 0 Å². The maximum absolute atomic E-state index is 13.6. The van der Waals surface area contributed by atoms with Crippen molar-refractivity contribution in [2.75, 3.05) is 17.7 Å². The highest BCUT2D eigenvalue weighted by atomic mass is 35.5. The molecule has 3 N–H and O–H groups in total. The lowest BCUT2D eigenvalue weighted by atomic mass is 10.2. The van der Waals surface area contributed by atoms with Crippen molar-refractivity contribution in [3.63, 3.8) is 0 Å². The molecular weight excluding hydrogens is 267 g/mol. The predicted molar refractivity (Wildman–Crippen MR) is 76.7 cm³/mol. The first-order valence-electron chi connectivity index (χ1n) is 5.85. The highest BCUT2D eigenvalue weighted by molar-refractivity contribution is 6.30. The van der Waals surface area contributed by atoms with Crippen LogP contribution in [0.5, 0.6) is 5.75 Å². The minimum atomic E-state index is -0.398. The molecule has 19 heavy (non-hydrogen) atoms. The number of nitrogens with two attached hydrogens (primary N) is 1. The number of hydrogen-bond donors (Lipinski definition) is 2. The summed E-state index contributed by atoms with van der Waals surface area (Å²) in [5, 5.41) is 3.36. The molecule has 2 aromatic rings. The zero-order valence-corrected chi connectivity index (χ0v) is 11.2. The minimum absolute atomic E-state index is 0.271. The molecule has 0 aliphatic heterocycles. The average Bonchev–Trinajstić information content (AvgIpc) is 2.39. The average molecular weight is 281 g/mol. The van der Waals surface area contributed by atoms with Crippen LogP contribution in [0.15, 0.2) is 36.4 Å². The van der Waals surface area contributed by atoms with Gasteiger partial charge in [0.1, 0.15) is 11.6 Å². The van der Waals surface area contributed by atoms with Crippen molar-refractivity contribution in [2.45, 2.75) is 6.92 Å². The molecule has 100 valence electrons. The molecule has 3 nitrogen and oxygen atoms in total. The van der Waals surface area contributed by atoms with Gasteiger partial charge in [0.15, 0.2) is 0 Å². The van der Waals surface area contributed by atoms with Crippen LogP contribution in [0.1, 0.15) is 6.92 Å². The molecule has 0 fully saturated rings. The summed E-state index contributed by atoms with van der Waals surface area (Å²) in [6, 6.07) is 9.58. The molecule has 5 heteroatoms. The molecule has 0 amide bonds. The van der Waals surface area contributed by atoms with Crippen LogP contribution in [-0.2, 0) is 0 Å². The molecule has 0 radical (unpaired) electrons. The van der Waals surface area contributed by atoms with Crippen molar-refractivity contribution < 1.29 is 9.13 Å². The van der Waals surface area contributed by atoms with E-state index in [0.29, 0.717) is 28.8 Å². The van der Waals surface area contributed by atoms with Crippen LogP contribution < -0.4 is 15.8 Å². The topological polar surface area (TPSA) is 47.3 Å². The molecule has 0 heterocycles. The van der Waals surface area contributed by atoms with Crippen LogP contribution in [0.25, 0.3) is 0 Å². The van der Waals surface area contributed by atoms with E-state index in [0.717, 1.165) is 0 Å². The number of para-hydroxylation sites is 1. The van der Waals surface area contributed by atoms with Gasteiger partial charge in [-0.05, 0) is 37.3 Å². The molecule has 0 bridgehead atoms. The van der Waals surface area contributed by atoms with Crippen LogP contribution in [0, 0.1) is 5.82 Å². The molecule has 0 saturated carbocycles. The normalized spacial score (nSPS) is 10.3. The lowest BCUT2D eigenvalue weighted by molar-refractivity contribution is 0.342. The number of rotatable bonds is 4. The van der Waals surface area contributed by atoms with Gasteiger partial charge < -0.3 is 15.8 Å². The van der Waals surface area contributed by atoms with Gasteiger partial charge in [-0.2, -0.15) is 0 Å². The summed E-state index contributed by atoms with van der Waals surface area (Å²) in [4.78, 5) is 0. The Morgan fingerprint density at radius 1 is 1.26 bits per heavy atom. The van der Waals surface area contributed by atoms with Gasteiger partial charge in [0.2, 0.25) is 0 Å². The lowest BCUT2D eigenvalue weighted by Gasteiger charge is -2.13. The Balaban J connectivity index is 2.33. The molecule has 0 spiro atoms. The standard InChI is InChI=1S/C14H14ClFN2O/c1-2-19-13-5-3-4-11(14(13)17)18-12-8-9(15)6-7-10(12)16/h3-8,18H,2,17H2,1H3. The van der Waals surface area contributed by atoms with Gasteiger partial charge in [0.05, 0.1) is 23.7 Å². The fourth-order valence-electron chi connectivity index (χ4n) is 1.67. The molecule has 2 rings (SSSR count). The van der Waals surface area contributed by atoms with E-state index in [2.05, 4.69) is 5.32 Å². The maximum atomic E-state index is 13.6. The van der Waals surface area contributed by atoms with E-state index in [1.165, 1.54) is 18.2 Å². The monoisotopic (exact) mass is 280 g/mol. The number of nitrogens with one attached hydrogen (secondary N) is 1. The fraction of sp³-hybridized carbons (Fsp3) is 0.143. The predicted octanol–water partition coefficient (Wildman–Crippen LogP) is 4.20. The molecule has 0 aromatic heterocycles. The molecular formula is C14H14ClFN2O. The van der Waals surface area contributed by atoms with Gasteiger partial charge in [0, 0.05) is 5.02 Å². The Labute approximate surface area is 116 Å². The zero-order chi connectivity index (χ0) is 13.8. The lowest BCUT2D eigenvalue weighted by Crippen LogP contribution is -2.02. The van der Waals surface area contributed by atoms with Gasteiger partial charge in [0.25, 0.3) is 0 Å². The van der Waals surface area contributed by atoms with Crippen molar-refractivity contribution in [3.8, 4) is 5.75 Å². The number of nitrogen functional groups attached to an aromatic ring is 1. The Morgan fingerprint density at radius 3 is 2.79 bits per heavy atom. The second-order valence-corrected chi connectivity index (χ2v) is 4.34. The molecule has 0 aliphatic rings. The summed E-state index contributed by atoms with van der Waals surface area (Å²) in [6.45, 7) is 2.38. The zero-order valence-electron chi connectivity index (χ0n) is 10.4. The number of hydrogen-bond acceptors (Lipinski definition) is 3. The number of anilines is 3. The summed E-state index contributed by atoms with van der Waals surface area (Å²) < 4.78 is 19.0. The second kappa shape index (κ2) is 5.80. The first-order chi connectivity index (χ1) is 9.11. The van der Waals surface area contributed by atoms with Crippen molar-refractivity contribution in [3.05, 3.63) is 47.2 Å². The van der Waals surface area contributed by atoms with Crippen molar-refractivity contribution in [1.82, 2.24) is 0 Å². The Kier molecular flexibility index (Phi) is 4.12. The van der Waals surface area contributed by atoms with Crippen LogP contribution in [-0.4, -0.2) is 6.61 Å². The van der Waals surface area contributed by atoms with Crippen LogP contribution in [0.2, 0.25) is 5.02 Å². The summed E-state index contributed by atoms with van der Waals surface area (Å²) in [7, 11) is 0. The van der Waals surface area contributed by atoms with Crippen molar-refractivity contribution >= 4 is 28.7 Å². The third-order valence-electron chi connectivity index (χ3n) is 2.56. The van der Waals surface area contributed by atoms with Gasteiger partial charge in [-0.3, -0.25) is 0 Å². The van der Waals surface area contributed by atoms with E-state index in [1.807, 2.05) is 6.92 Å². The summed E-state index contributed by atoms with van der Waals surface area (Å²) in [5.41, 5.74) is 7.24. The third kappa shape index (κ3) is 3.09. The van der Waals surface area contributed by atoms with Crippen LogP contribution in [0.4, 0.5) is 21.5 Å². The highest BCUT2D eigenvalue weighted by Crippen LogP contribution is 2.32. The summed E-state index contributed by atoms with van der Waals surface area (Å²) in [6.07, 6.45) is 0. The second-order valence-electron chi connectivity index (χ2n) is 3.90. The SMILES string of the molecule is CCOc1cccc(Nc2cc(Cl)ccc2F)c1N. The van der Waals surface area contributed by atoms with E-state index in [-0.39, 0.29) is 5.69 Å². The van der Waals surface area contributed by atoms with Gasteiger partial charge in [-0.1, -0.05) is 17.7 Å². The minimum Gasteiger partial charge on any atom is -0.492 e. The fourth-order valence-corrected chi connectivity index (χ4v) is 1.84. The summed E-state index contributed by atoms with van der Waals surface area (Å²) >= 11 is 5.84. The van der Waals surface area contributed by atoms with Gasteiger partial charge in [-0.25, -0.2) is 4.39 Å². The maximum Gasteiger partial charge on any atom is 0.146 e. The van der Waals surface area contributed by atoms with Crippen LogP contribution in [0.3, 0.4) is 0 Å². The molecule has 0 unspecified atom stereocenters. The molecule has 0 atom stereocenters. The Morgan fingerprint density at radius 2 is 2.05 bits per heavy atom. The number of halogens is 2. The highest BCUT2D eigenvalue weighted by Gasteiger charge is 2.08. The Hall–Kier alpha value is -1.94. The molecule has 2 aromatic carbocycles. The van der Waals surface area contributed by atoms with E-state index < -0.39 is 5.82 Å². The first kappa shape index (κ1) is 13.5. The van der Waals surface area contributed by atoms with Crippen molar-refractivity contribution in [1.29, 1.82) is 0 Å². The molecule has 0 saturated heterocycles. The van der Waals surface area contributed by atoms with E-state index >= 15 is 0 Å². The van der Waals surface area contributed by atoms with E-state index in [9.17, 15) is 4.39 Å². The Bertz CT molecular complexity index is 590. The number of benzene rings is 2. The largest absolute Gasteiger partial charge is 0.492 e. The molecule has 0 aliphatic carbocycles. The smallest absolute Gasteiger partial charge is 0.146 e. The van der Waals surface area contributed by atoms with Crippen molar-refractivity contribution in [2.24, 2.45) is 0 Å². The van der Waals surface area contributed by atoms with E-state index in [4.69, 9.17) is 22.1 Å². The quantitative estimate of drug-likeness (QED) is 0.825. The summed E-state index contributed by atoms with van der Waals surface area (Å²) in [5.74, 6) is 0.167. The van der Waals surface area contributed by atoms with E-state index in [1.54, 1.807) is 18.2 Å². The number of ether oxygens (including phenoxy) is 1. The first-order valence-corrected chi connectivity index (χ1v) is 6.23. The van der Waals surface area contributed by atoms with Gasteiger partial charge in [-0.15, -0.1) is 0 Å². The van der Waals surface area contributed by atoms with Crippen LogP contribution >= 0.6 is 11.6 Å².